The number of benzene rings is 1. The van der Waals surface area contributed by atoms with Gasteiger partial charge in [0.1, 0.15) is 0 Å². The minimum absolute atomic E-state index is 0.0416. The van der Waals surface area contributed by atoms with Crippen LogP contribution in [0.2, 0.25) is 0 Å². The SMILES string of the molecule is CC(=O)N[C@@H]1CCN(Cc2cnc3c(-c4ccccc4)cnn3c2)C1. The van der Waals surface area contributed by atoms with Gasteiger partial charge >= 0.3 is 0 Å². The number of hydrogen-bond acceptors (Lipinski definition) is 4. The van der Waals surface area contributed by atoms with Crippen molar-refractivity contribution in [3.05, 3.63) is 54.5 Å². The molecule has 1 amide bonds. The molecule has 1 aliphatic rings. The summed E-state index contributed by atoms with van der Waals surface area (Å²) in [5.74, 6) is 0.0416. The number of nitrogens with one attached hydrogen (secondary N) is 1. The minimum atomic E-state index is 0.0416. The highest BCUT2D eigenvalue weighted by Gasteiger charge is 2.23. The summed E-state index contributed by atoms with van der Waals surface area (Å²) >= 11 is 0. The molecule has 0 aliphatic carbocycles. The number of amides is 1. The second-order valence-corrected chi connectivity index (χ2v) is 6.58. The van der Waals surface area contributed by atoms with Gasteiger partial charge in [0.25, 0.3) is 0 Å². The highest BCUT2D eigenvalue weighted by Crippen LogP contribution is 2.23. The van der Waals surface area contributed by atoms with Crippen LogP contribution in [-0.2, 0) is 11.3 Å². The lowest BCUT2D eigenvalue weighted by Gasteiger charge is -2.16. The first-order chi connectivity index (χ1) is 12.2. The number of fused-ring (bicyclic) bond motifs is 1. The molecule has 1 aliphatic heterocycles. The maximum Gasteiger partial charge on any atom is 0.217 e. The number of hydrogen-bond donors (Lipinski definition) is 1. The molecular formula is C19H21N5O. The Balaban J connectivity index is 1.50. The molecule has 0 unspecified atom stereocenters. The highest BCUT2D eigenvalue weighted by molar-refractivity contribution is 5.76. The molecule has 128 valence electrons. The Bertz CT molecular complexity index is 889. The molecule has 3 aromatic rings. The lowest BCUT2D eigenvalue weighted by molar-refractivity contribution is -0.119. The number of aromatic nitrogens is 3. The minimum Gasteiger partial charge on any atom is -0.352 e. The average Bonchev–Trinajstić information content (AvgIpc) is 3.21. The topological polar surface area (TPSA) is 62.5 Å². The molecule has 1 aromatic carbocycles. The quantitative estimate of drug-likeness (QED) is 0.793. The normalized spacial score (nSPS) is 17.9. The summed E-state index contributed by atoms with van der Waals surface area (Å²) in [4.78, 5) is 18.1. The number of carbonyl (C=O) groups excluding carboxylic acids is 1. The van der Waals surface area contributed by atoms with Crippen molar-refractivity contribution in [3.63, 3.8) is 0 Å². The van der Waals surface area contributed by atoms with Crippen LogP contribution < -0.4 is 5.32 Å². The van der Waals surface area contributed by atoms with Gasteiger partial charge in [0, 0.05) is 56.1 Å². The largest absolute Gasteiger partial charge is 0.352 e. The lowest BCUT2D eigenvalue weighted by Crippen LogP contribution is -2.35. The molecule has 1 saturated heterocycles. The Morgan fingerprint density at radius 3 is 2.92 bits per heavy atom. The zero-order valence-corrected chi connectivity index (χ0v) is 14.2. The molecule has 1 N–H and O–H groups in total. The van der Waals surface area contributed by atoms with Crippen LogP contribution in [0, 0.1) is 0 Å². The smallest absolute Gasteiger partial charge is 0.217 e. The van der Waals surface area contributed by atoms with E-state index >= 15 is 0 Å². The van der Waals surface area contributed by atoms with Gasteiger partial charge in [-0.25, -0.2) is 9.50 Å². The lowest BCUT2D eigenvalue weighted by atomic mass is 10.1. The van der Waals surface area contributed by atoms with Crippen LogP contribution in [0.15, 0.2) is 48.9 Å². The monoisotopic (exact) mass is 335 g/mol. The average molecular weight is 335 g/mol. The van der Waals surface area contributed by atoms with Crippen LogP contribution in [-0.4, -0.2) is 44.5 Å². The van der Waals surface area contributed by atoms with Crippen molar-refractivity contribution in [2.75, 3.05) is 13.1 Å². The fourth-order valence-corrected chi connectivity index (χ4v) is 3.46. The Morgan fingerprint density at radius 2 is 2.12 bits per heavy atom. The van der Waals surface area contributed by atoms with E-state index in [1.54, 1.807) is 6.92 Å². The van der Waals surface area contributed by atoms with Gasteiger partial charge in [-0.3, -0.25) is 9.69 Å². The van der Waals surface area contributed by atoms with E-state index in [1.807, 2.05) is 41.3 Å². The predicted octanol–water partition coefficient (Wildman–Crippen LogP) is 2.11. The van der Waals surface area contributed by atoms with Crippen molar-refractivity contribution in [2.24, 2.45) is 0 Å². The zero-order valence-electron chi connectivity index (χ0n) is 14.2. The van der Waals surface area contributed by atoms with Crippen LogP contribution in [0.4, 0.5) is 0 Å². The molecule has 0 saturated carbocycles. The summed E-state index contributed by atoms with van der Waals surface area (Å²) in [7, 11) is 0. The molecule has 0 radical (unpaired) electrons. The molecule has 0 spiro atoms. The second kappa shape index (κ2) is 6.64. The van der Waals surface area contributed by atoms with E-state index in [0.29, 0.717) is 0 Å². The van der Waals surface area contributed by atoms with E-state index in [9.17, 15) is 4.79 Å². The Hall–Kier alpha value is -2.73. The molecule has 6 heteroatoms. The van der Waals surface area contributed by atoms with Crippen LogP contribution in [0.1, 0.15) is 18.9 Å². The van der Waals surface area contributed by atoms with E-state index in [2.05, 4.69) is 32.4 Å². The molecule has 4 rings (SSSR count). The number of rotatable bonds is 4. The predicted molar refractivity (Wildman–Crippen MR) is 95.9 cm³/mol. The summed E-state index contributed by atoms with van der Waals surface area (Å²) in [5.41, 5.74) is 4.15. The van der Waals surface area contributed by atoms with Gasteiger partial charge in [0.2, 0.25) is 5.91 Å². The van der Waals surface area contributed by atoms with E-state index in [0.717, 1.165) is 48.4 Å². The molecule has 1 atom stereocenters. The first kappa shape index (κ1) is 15.8. The van der Waals surface area contributed by atoms with Gasteiger partial charge in [-0.15, -0.1) is 0 Å². The maximum atomic E-state index is 11.2. The molecular weight excluding hydrogens is 314 g/mol. The second-order valence-electron chi connectivity index (χ2n) is 6.58. The highest BCUT2D eigenvalue weighted by atomic mass is 16.1. The third kappa shape index (κ3) is 3.39. The molecule has 25 heavy (non-hydrogen) atoms. The Morgan fingerprint density at radius 1 is 1.28 bits per heavy atom. The summed E-state index contributed by atoms with van der Waals surface area (Å²) in [6.07, 6.45) is 6.83. The summed E-state index contributed by atoms with van der Waals surface area (Å²) in [5, 5.41) is 7.46. The third-order valence-corrected chi connectivity index (χ3v) is 4.58. The van der Waals surface area contributed by atoms with E-state index in [-0.39, 0.29) is 11.9 Å². The van der Waals surface area contributed by atoms with Crippen molar-refractivity contribution < 1.29 is 4.79 Å². The van der Waals surface area contributed by atoms with E-state index in [4.69, 9.17) is 0 Å². The van der Waals surface area contributed by atoms with Crippen molar-refractivity contribution in [3.8, 4) is 11.1 Å². The van der Waals surface area contributed by atoms with E-state index in [1.165, 1.54) is 0 Å². The Kier molecular flexibility index (Phi) is 4.19. The van der Waals surface area contributed by atoms with Gasteiger partial charge in [0.15, 0.2) is 5.65 Å². The number of carbonyl (C=O) groups is 1. The van der Waals surface area contributed by atoms with Crippen molar-refractivity contribution in [2.45, 2.75) is 25.9 Å². The molecule has 2 aromatic heterocycles. The van der Waals surface area contributed by atoms with Gasteiger partial charge in [-0.2, -0.15) is 5.10 Å². The summed E-state index contributed by atoms with van der Waals surface area (Å²) < 4.78 is 1.85. The van der Waals surface area contributed by atoms with Gasteiger partial charge < -0.3 is 5.32 Å². The first-order valence-corrected chi connectivity index (χ1v) is 8.56. The number of likely N-dealkylation sites (tertiary alicyclic amines) is 1. The summed E-state index contributed by atoms with van der Waals surface area (Å²) in [6, 6.07) is 10.4. The van der Waals surface area contributed by atoms with Crippen LogP contribution in [0.3, 0.4) is 0 Å². The van der Waals surface area contributed by atoms with Gasteiger partial charge in [-0.05, 0) is 12.0 Å². The molecule has 3 heterocycles. The first-order valence-electron chi connectivity index (χ1n) is 8.56. The van der Waals surface area contributed by atoms with Crippen LogP contribution in [0.25, 0.3) is 16.8 Å². The third-order valence-electron chi connectivity index (χ3n) is 4.58. The fraction of sp³-hybridized carbons (Fsp3) is 0.316. The van der Waals surface area contributed by atoms with Gasteiger partial charge in [-0.1, -0.05) is 30.3 Å². The molecule has 1 fully saturated rings. The van der Waals surface area contributed by atoms with Crippen LogP contribution in [0.5, 0.6) is 0 Å². The summed E-state index contributed by atoms with van der Waals surface area (Å²) in [6.45, 7) is 4.26. The van der Waals surface area contributed by atoms with Crippen molar-refractivity contribution in [1.29, 1.82) is 0 Å². The van der Waals surface area contributed by atoms with Crippen molar-refractivity contribution in [1.82, 2.24) is 24.8 Å². The number of nitrogens with zero attached hydrogens (tertiary/aromatic N) is 4. The van der Waals surface area contributed by atoms with Crippen molar-refractivity contribution >= 4 is 11.6 Å². The molecule has 0 bridgehead atoms. The van der Waals surface area contributed by atoms with Crippen LogP contribution >= 0.6 is 0 Å². The maximum absolute atomic E-state index is 11.2. The molecule has 6 nitrogen and oxygen atoms in total. The Labute approximate surface area is 146 Å². The standard InChI is InChI=1S/C19H21N5O/c1-14(25)22-17-7-8-23(13-17)11-15-9-20-19-18(10-21-24(19)12-15)16-5-3-2-4-6-16/h2-6,9-10,12,17H,7-8,11,13H2,1H3,(H,22,25)/t17-/m1/s1. The fourth-order valence-electron chi connectivity index (χ4n) is 3.46. The van der Waals surface area contributed by atoms with Gasteiger partial charge in [0.05, 0.1) is 6.20 Å². The zero-order chi connectivity index (χ0) is 17.2. The van der Waals surface area contributed by atoms with E-state index < -0.39 is 0 Å².